The van der Waals surface area contributed by atoms with Gasteiger partial charge in [-0.15, -0.1) is 0 Å². The number of halogens is 2. The molecule has 1 aromatic carbocycles. The van der Waals surface area contributed by atoms with Crippen molar-refractivity contribution in [2.45, 2.75) is 45.8 Å². The summed E-state index contributed by atoms with van der Waals surface area (Å²) in [5.74, 6) is 0.362. The van der Waals surface area contributed by atoms with Crippen LogP contribution in [-0.4, -0.2) is 30.1 Å². The molecule has 1 fully saturated rings. The molecule has 2 unspecified atom stereocenters. The van der Waals surface area contributed by atoms with Gasteiger partial charge in [0.25, 0.3) is 0 Å². The summed E-state index contributed by atoms with van der Waals surface area (Å²) in [5.41, 5.74) is 0.990. The fourth-order valence-corrected chi connectivity index (χ4v) is 2.93. The fraction of sp³-hybridized carbons (Fsp3) is 0.625. The van der Waals surface area contributed by atoms with Crippen molar-refractivity contribution in [2.24, 2.45) is 5.92 Å². The van der Waals surface area contributed by atoms with Gasteiger partial charge in [0.2, 0.25) is 0 Å². The van der Waals surface area contributed by atoms with Gasteiger partial charge in [-0.1, -0.05) is 31.5 Å². The number of nitrogens with one attached hydrogen (secondary N) is 1. The van der Waals surface area contributed by atoms with Crippen molar-refractivity contribution in [1.29, 1.82) is 0 Å². The highest BCUT2D eigenvalue weighted by molar-refractivity contribution is 6.30. The summed E-state index contributed by atoms with van der Waals surface area (Å²) in [4.78, 5) is 2.42. The van der Waals surface area contributed by atoms with E-state index in [1.165, 1.54) is 6.42 Å². The van der Waals surface area contributed by atoms with E-state index in [4.69, 9.17) is 11.6 Å². The summed E-state index contributed by atoms with van der Waals surface area (Å²) in [5, 5.41) is 3.79. The molecule has 20 heavy (non-hydrogen) atoms. The van der Waals surface area contributed by atoms with Crippen molar-refractivity contribution in [3.05, 3.63) is 34.6 Å². The molecule has 0 aliphatic carbocycles. The van der Waals surface area contributed by atoms with Gasteiger partial charge in [-0.3, -0.25) is 4.90 Å². The second-order valence-corrected chi connectivity index (χ2v) is 6.67. The first-order valence-corrected chi connectivity index (χ1v) is 7.75. The Morgan fingerprint density at radius 2 is 2.20 bits per heavy atom. The zero-order chi connectivity index (χ0) is 14.7. The number of hydrogen-bond donors (Lipinski definition) is 1. The lowest BCUT2D eigenvalue weighted by atomic mass is 9.99. The highest BCUT2D eigenvalue weighted by atomic mass is 35.5. The predicted molar refractivity (Wildman–Crippen MR) is 82.5 cm³/mol. The largest absolute Gasteiger partial charge is 0.311 e. The highest BCUT2D eigenvalue weighted by Crippen LogP contribution is 2.19. The van der Waals surface area contributed by atoms with E-state index in [1.807, 2.05) is 6.07 Å². The Balaban J connectivity index is 2.00. The SMILES string of the molecule is CC(C)CC1CN(Cc2ccc(Cl)c(F)c2)C(C)CN1. The number of piperazine rings is 1. The molecule has 4 heteroatoms. The standard InChI is InChI=1S/C16H24ClFN2/c1-11(2)6-14-10-20(12(3)8-19-14)9-13-4-5-15(17)16(18)7-13/h4-5,7,11-12,14,19H,6,8-10H2,1-3H3. The van der Waals surface area contributed by atoms with Gasteiger partial charge in [-0.2, -0.15) is 0 Å². The van der Waals surface area contributed by atoms with Crippen LogP contribution in [0.1, 0.15) is 32.8 Å². The molecule has 0 amide bonds. The summed E-state index contributed by atoms with van der Waals surface area (Å²) in [6.07, 6.45) is 1.18. The Morgan fingerprint density at radius 1 is 1.45 bits per heavy atom. The maximum absolute atomic E-state index is 13.5. The van der Waals surface area contributed by atoms with E-state index in [9.17, 15) is 4.39 Å². The van der Waals surface area contributed by atoms with E-state index in [1.54, 1.807) is 12.1 Å². The van der Waals surface area contributed by atoms with E-state index in [0.717, 1.165) is 25.2 Å². The molecule has 1 aliphatic rings. The normalized spacial score (nSPS) is 24.3. The number of hydrogen-bond acceptors (Lipinski definition) is 2. The van der Waals surface area contributed by atoms with E-state index in [-0.39, 0.29) is 10.8 Å². The maximum atomic E-state index is 13.5. The highest BCUT2D eigenvalue weighted by Gasteiger charge is 2.25. The number of nitrogens with zero attached hydrogens (tertiary/aromatic N) is 1. The van der Waals surface area contributed by atoms with Gasteiger partial charge in [0.05, 0.1) is 5.02 Å². The Morgan fingerprint density at radius 3 is 2.85 bits per heavy atom. The molecule has 1 N–H and O–H groups in total. The van der Waals surface area contributed by atoms with Crippen LogP contribution >= 0.6 is 11.6 Å². The molecule has 112 valence electrons. The van der Waals surface area contributed by atoms with Crippen LogP contribution in [0.2, 0.25) is 5.02 Å². The molecular weight excluding hydrogens is 275 g/mol. The van der Waals surface area contributed by atoms with E-state index in [0.29, 0.717) is 18.0 Å². The zero-order valence-corrected chi connectivity index (χ0v) is 13.3. The summed E-state index contributed by atoms with van der Waals surface area (Å²) in [6, 6.07) is 6.11. The molecule has 0 spiro atoms. The molecule has 2 atom stereocenters. The van der Waals surface area contributed by atoms with Crippen molar-refractivity contribution in [3.8, 4) is 0 Å². The second kappa shape index (κ2) is 6.88. The van der Waals surface area contributed by atoms with Gasteiger partial charge in [0, 0.05) is 31.7 Å². The lowest BCUT2D eigenvalue weighted by molar-refractivity contribution is 0.124. The minimum Gasteiger partial charge on any atom is -0.311 e. The molecule has 0 bridgehead atoms. The third kappa shape index (κ3) is 4.18. The number of rotatable bonds is 4. The molecule has 2 nitrogen and oxygen atoms in total. The van der Waals surface area contributed by atoms with E-state index < -0.39 is 0 Å². The molecule has 0 saturated carbocycles. The van der Waals surface area contributed by atoms with Gasteiger partial charge in [-0.05, 0) is 37.0 Å². The smallest absolute Gasteiger partial charge is 0.142 e. The molecule has 1 aliphatic heterocycles. The molecule has 1 aromatic rings. The quantitative estimate of drug-likeness (QED) is 0.912. The van der Waals surface area contributed by atoms with Crippen LogP contribution in [0.3, 0.4) is 0 Å². The van der Waals surface area contributed by atoms with Crippen LogP contribution < -0.4 is 5.32 Å². The predicted octanol–water partition coefficient (Wildman–Crippen LogP) is 3.69. The van der Waals surface area contributed by atoms with Crippen LogP contribution in [0.15, 0.2) is 18.2 Å². The van der Waals surface area contributed by atoms with E-state index in [2.05, 4.69) is 31.0 Å². The fourth-order valence-electron chi connectivity index (χ4n) is 2.81. The Labute approximate surface area is 126 Å². The van der Waals surface area contributed by atoms with Crippen LogP contribution in [0, 0.1) is 11.7 Å². The lowest BCUT2D eigenvalue weighted by Crippen LogP contribution is -2.55. The van der Waals surface area contributed by atoms with Crippen molar-refractivity contribution in [1.82, 2.24) is 10.2 Å². The molecule has 1 heterocycles. The number of benzene rings is 1. The van der Waals surface area contributed by atoms with E-state index >= 15 is 0 Å². The third-order valence-electron chi connectivity index (χ3n) is 3.91. The summed E-state index contributed by atoms with van der Waals surface area (Å²) < 4.78 is 13.5. The van der Waals surface area contributed by atoms with Crippen LogP contribution in [-0.2, 0) is 6.54 Å². The summed E-state index contributed by atoms with van der Waals surface area (Å²) >= 11 is 5.73. The van der Waals surface area contributed by atoms with Crippen molar-refractivity contribution < 1.29 is 4.39 Å². The zero-order valence-electron chi connectivity index (χ0n) is 12.5. The van der Waals surface area contributed by atoms with Crippen LogP contribution in [0.5, 0.6) is 0 Å². The molecule has 0 radical (unpaired) electrons. The topological polar surface area (TPSA) is 15.3 Å². The second-order valence-electron chi connectivity index (χ2n) is 6.26. The van der Waals surface area contributed by atoms with Crippen molar-refractivity contribution in [3.63, 3.8) is 0 Å². The molecule has 0 aromatic heterocycles. The van der Waals surface area contributed by atoms with Crippen molar-refractivity contribution >= 4 is 11.6 Å². The Bertz CT molecular complexity index is 450. The maximum Gasteiger partial charge on any atom is 0.142 e. The van der Waals surface area contributed by atoms with Gasteiger partial charge in [0.1, 0.15) is 5.82 Å². The first-order chi connectivity index (χ1) is 9.45. The minimum absolute atomic E-state index is 0.194. The molecule has 1 saturated heterocycles. The summed E-state index contributed by atoms with van der Waals surface area (Å²) in [6.45, 7) is 9.50. The van der Waals surface area contributed by atoms with Gasteiger partial charge < -0.3 is 5.32 Å². The lowest BCUT2D eigenvalue weighted by Gasteiger charge is -2.39. The molecular formula is C16H24ClFN2. The first-order valence-electron chi connectivity index (χ1n) is 7.37. The Hall–Kier alpha value is -0.640. The van der Waals surface area contributed by atoms with Crippen LogP contribution in [0.4, 0.5) is 4.39 Å². The average molecular weight is 299 g/mol. The Kier molecular flexibility index (Phi) is 5.42. The van der Waals surface area contributed by atoms with Crippen LogP contribution in [0.25, 0.3) is 0 Å². The third-order valence-corrected chi connectivity index (χ3v) is 4.21. The monoisotopic (exact) mass is 298 g/mol. The minimum atomic E-state index is -0.328. The van der Waals surface area contributed by atoms with Gasteiger partial charge in [-0.25, -0.2) is 4.39 Å². The first kappa shape index (κ1) is 15.7. The molecule has 2 rings (SSSR count). The van der Waals surface area contributed by atoms with Gasteiger partial charge >= 0.3 is 0 Å². The van der Waals surface area contributed by atoms with Gasteiger partial charge in [0.15, 0.2) is 0 Å². The summed E-state index contributed by atoms with van der Waals surface area (Å²) in [7, 11) is 0. The average Bonchev–Trinajstić information content (AvgIpc) is 2.37. The van der Waals surface area contributed by atoms with Crippen molar-refractivity contribution in [2.75, 3.05) is 13.1 Å².